The molecule has 0 aliphatic heterocycles. The maximum atomic E-state index is 11.1. The van der Waals surface area contributed by atoms with Crippen molar-refractivity contribution in [3.63, 3.8) is 0 Å². The average Bonchev–Trinajstić information content (AvgIpc) is 2.70. The quantitative estimate of drug-likeness (QED) is 0.344. The Bertz CT molecular complexity index is 1230. The number of aliphatic hydroxyl groups is 2. The first-order valence-electron chi connectivity index (χ1n) is 11.4. The molecule has 0 aliphatic rings. The van der Waals surface area contributed by atoms with Gasteiger partial charge in [0.05, 0.1) is 11.2 Å². The number of fused-ring (bicyclic) bond motifs is 2. The standard InChI is InChI=1S/C30H34O2/c1-28(2,3)27-24-17-11-9-15-22(24)26(23-16-10-12-18-25(23)27)21-14-8-7-13-20(21)19-30(6,32)29(4,5)31/h7-18,31-32H,19H2,1-6H3. The lowest BCUT2D eigenvalue weighted by Gasteiger charge is -2.36. The lowest BCUT2D eigenvalue weighted by atomic mass is 9.76. The normalized spacial score (nSPS) is 14.6. The Labute approximate surface area is 191 Å². The van der Waals surface area contributed by atoms with Crippen LogP contribution in [0.5, 0.6) is 0 Å². The van der Waals surface area contributed by atoms with Gasteiger partial charge in [0, 0.05) is 6.42 Å². The third kappa shape index (κ3) is 3.83. The second-order valence-corrected chi connectivity index (χ2v) is 10.8. The van der Waals surface area contributed by atoms with Gasteiger partial charge in [-0.25, -0.2) is 0 Å². The van der Waals surface area contributed by atoms with E-state index in [-0.39, 0.29) is 5.41 Å². The number of hydrogen-bond acceptors (Lipinski definition) is 2. The van der Waals surface area contributed by atoms with Crippen LogP contribution in [0.15, 0.2) is 72.8 Å². The molecule has 2 N–H and O–H groups in total. The van der Waals surface area contributed by atoms with Crippen LogP contribution in [0.1, 0.15) is 52.7 Å². The van der Waals surface area contributed by atoms with Crippen LogP contribution in [-0.2, 0) is 11.8 Å². The third-order valence-electron chi connectivity index (χ3n) is 6.82. The van der Waals surface area contributed by atoms with Gasteiger partial charge >= 0.3 is 0 Å². The van der Waals surface area contributed by atoms with Crippen LogP contribution in [-0.4, -0.2) is 21.4 Å². The molecule has 1 atom stereocenters. The number of rotatable bonds is 4. The summed E-state index contributed by atoms with van der Waals surface area (Å²) in [6.07, 6.45) is 0.357. The van der Waals surface area contributed by atoms with Crippen molar-refractivity contribution in [3.8, 4) is 11.1 Å². The van der Waals surface area contributed by atoms with Gasteiger partial charge in [-0.05, 0) is 70.0 Å². The Morgan fingerprint density at radius 1 is 0.594 bits per heavy atom. The van der Waals surface area contributed by atoms with Crippen molar-refractivity contribution >= 4 is 21.5 Å². The third-order valence-corrected chi connectivity index (χ3v) is 6.82. The second kappa shape index (κ2) is 7.72. The second-order valence-electron chi connectivity index (χ2n) is 10.8. The molecule has 2 heteroatoms. The van der Waals surface area contributed by atoms with Gasteiger partial charge in [0.1, 0.15) is 0 Å². The summed E-state index contributed by atoms with van der Waals surface area (Å²) in [5.74, 6) is 0. The topological polar surface area (TPSA) is 40.5 Å². The zero-order valence-electron chi connectivity index (χ0n) is 20.0. The Morgan fingerprint density at radius 3 is 1.50 bits per heavy atom. The molecular formula is C30H34O2. The van der Waals surface area contributed by atoms with Gasteiger partial charge < -0.3 is 10.2 Å². The van der Waals surface area contributed by atoms with E-state index in [1.165, 1.54) is 32.7 Å². The van der Waals surface area contributed by atoms with E-state index >= 15 is 0 Å². The number of benzene rings is 4. The smallest absolute Gasteiger partial charge is 0.0940 e. The first kappa shape index (κ1) is 22.5. The fraction of sp³-hybridized carbons (Fsp3) is 0.333. The molecule has 32 heavy (non-hydrogen) atoms. The van der Waals surface area contributed by atoms with Gasteiger partial charge in [-0.2, -0.15) is 0 Å². The molecular weight excluding hydrogens is 392 g/mol. The van der Waals surface area contributed by atoms with E-state index < -0.39 is 11.2 Å². The van der Waals surface area contributed by atoms with Crippen LogP contribution in [0.25, 0.3) is 32.7 Å². The van der Waals surface area contributed by atoms with Crippen LogP contribution >= 0.6 is 0 Å². The zero-order chi connectivity index (χ0) is 23.3. The predicted molar refractivity (Wildman–Crippen MR) is 136 cm³/mol. The summed E-state index contributed by atoms with van der Waals surface area (Å²) in [6.45, 7) is 11.9. The summed E-state index contributed by atoms with van der Waals surface area (Å²) in [6, 6.07) is 25.6. The molecule has 1 unspecified atom stereocenters. The molecule has 166 valence electrons. The van der Waals surface area contributed by atoms with Crippen LogP contribution in [0.2, 0.25) is 0 Å². The minimum Gasteiger partial charge on any atom is -0.387 e. The highest BCUT2D eigenvalue weighted by Gasteiger charge is 2.38. The Balaban J connectivity index is 2.10. The highest BCUT2D eigenvalue weighted by atomic mass is 16.3. The summed E-state index contributed by atoms with van der Waals surface area (Å²) in [5.41, 5.74) is 2.17. The highest BCUT2D eigenvalue weighted by molar-refractivity contribution is 6.15. The van der Waals surface area contributed by atoms with Crippen LogP contribution in [0, 0.1) is 0 Å². The van der Waals surface area contributed by atoms with Gasteiger partial charge in [0.2, 0.25) is 0 Å². The fourth-order valence-corrected chi connectivity index (χ4v) is 4.73. The van der Waals surface area contributed by atoms with E-state index in [4.69, 9.17) is 0 Å². The van der Waals surface area contributed by atoms with Crippen molar-refractivity contribution in [1.29, 1.82) is 0 Å². The van der Waals surface area contributed by atoms with Gasteiger partial charge in [-0.3, -0.25) is 0 Å². The van der Waals surface area contributed by atoms with Gasteiger partial charge in [-0.15, -0.1) is 0 Å². The molecule has 0 bridgehead atoms. The molecule has 0 radical (unpaired) electrons. The molecule has 0 fully saturated rings. The van der Waals surface area contributed by atoms with Gasteiger partial charge in [0.25, 0.3) is 0 Å². The van der Waals surface area contributed by atoms with Crippen molar-refractivity contribution in [2.24, 2.45) is 0 Å². The minimum atomic E-state index is -1.26. The van der Waals surface area contributed by atoms with E-state index in [9.17, 15) is 10.2 Å². The maximum absolute atomic E-state index is 11.1. The molecule has 0 aliphatic carbocycles. The minimum absolute atomic E-state index is 0.0121. The van der Waals surface area contributed by atoms with Crippen molar-refractivity contribution in [3.05, 3.63) is 83.9 Å². The molecule has 2 nitrogen and oxygen atoms in total. The molecule has 0 saturated heterocycles. The Morgan fingerprint density at radius 2 is 1.03 bits per heavy atom. The lowest BCUT2D eigenvalue weighted by molar-refractivity contribution is -0.118. The van der Waals surface area contributed by atoms with Gasteiger partial charge in [-0.1, -0.05) is 93.6 Å². The molecule has 0 heterocycles. The summed E-state index contributed by atoms with van der Waals surface area (Å²) < 4.78 is 0. The van der Waals surface area contributed by atoms with Crippen molar-refractivity contribution < 1.29 is 10.2 Å². The SMILES string of the molecule is CC(C)(C)c1c2ccccc2c(-c2ccccc2CC(C)(O)C(C)(C)O)c2ccccc12. The van der Waals surface area contributed by atoms with Crippen molar-refractivity contribution in [1.82, 2.24) is 0 Å². The number of hydrogen-bond donors (Lipinski definition) is 2. The summed E-state index contributed by atoms with van der Waals surface area (Å²) in [4.78, 5) is 0. The molecule has 4 aromatic carbocycles. The van der Waals surface area contributed by atoms with Crippen LogP contribution < -0.4 is 0 Å². The maximum Gasteiger partial charge on any atom is 0.0940 e. The first-order valence-corrected chi connectivity index (χ1v) is 11.4. The largest absolute Gasteiger partial charge is 0.387 e. The first-order chi connectivity index (χ1) is 14.9. The molecule has 4 aromatic rings. The van der Waals surface area contributed by atoms with Crippen molar-refractivity contribution in [2.75, 3.05) is 0 Å². The average molecular weight is 427 g/mol. The van der Waals surface area contributed by atoms with E-state index in [1.807, 2.05) is 6.07 Å². The summed E-state index contributed by atoms with van der Waals surface area (Å²) >= 11 is 0. The summed E-state index contributed by atoms with van der Waals surface area (Å²) in [5, 5.41) is 26.6. The predicted octanol–water partition coefficient (Wildman–Crippen LogP) is 7.02. The monoisotopic (exact) mass is 426 g/mol. The molecule has 4 rings (SSSR count). The molecule has 0 aromatic heterocycles. The fourth-order valence-electron chi connectivity index (χ4n) is 4.73. The van der Waals surface area contributed by atoms with E-state index in [0.29, 0.717) is 6.42 Å². The zero-order valence-corrected chi connectivity index (χ0v) is 20.0. The van der Waals surface area contributed by atoms with Crippen LogP contribution in [0.4, 0.5) is 0 Å². The van der Waals surface area contributed by atoms with E-state index in [0.717, 1.165) is 11.1 Å². The lowest BCUT2D eigenvalue weighted by Crippen LogP contribution is -2.49. The molecule has 0 spiro atoms. The molecule has 0 saturated carbocycles. The highest BCUT2D eigenvalue weighted by Crippen LogP contribution is 2.44. The Hall–Kier alpha value is -2.68. The van der Waals surface area contributed by atoms with Crippen molar-refractivity contribution in [2.45, 2.75) is 64.6 Å². The van der Waals surface area contributed by atoms with E-state index in [2.05, 4.69) is 87.5 Å². The molecule has 0 amide bonds. The van der Waals surface area contributed by atoms with Gasteiger partial charge in [0.15, 0.2) is 0 Å². The summed E-state index contributed by atoms with van der Waals surface area (Å²) in [7, 11) is 0. The van der Waals surface area contributed by atoms with E-state index in [1.54, 1.807) is 20.8 Å². The Kier molecular flexibility index (Phi) is 5.43. The van der Waals surface area contributed by atoms with Crippen LogP contribution in [0.3, 0.4) is 0 Å².